The Labute approximate surface area is 147 Å². The van der Waals surface area contributed by atoms with Crippen LogP contribution in [0.3, 0.4) is 0 Å². The molecule has 1 saturated heterocycles. The van der Waals surface area contributed by atoms with Crippen LogP contribution >= 0.6 is 0 Å². The van der Waals surface area contributed by atoms with Crippen molar-refractivity contribution in [1.29, 1.82) is 0 Å². The van der Waals surface area contributed by atoms with E-state index in [-0.39, 0.29) is 28.6 Å². The number of hydrogen-bond donors (Lipinski definition) is 2. The van der Waals surface area contributed by atoms with Crippen LogP contribution in [-0.2, 0) is 14.8 Å². The molecule has 1 amide bonds. The Balaban J connectivity index is 1.69. The van der Waals surface area contributed by atoms with E-state index in [4.69, 9.17) is 4.74 Å². The molecule has 2 fully saturated rings. The molecule has 0 unspecified atom stereocenters. The number of hydrogen-bond acceptors (Lipinski definition) is 4. The van der Waals surface area contributed by atoms with Gasteiger partial charge in [-0.05, 0) is 37.5 Å². The topological polar surface area (TPSA) is 84.5 Å². The molecule has 0 bridgehead atoms. The molecule has 138 valence electrons. The summed E-state index contributed by atoms with van der Waals surface area (Å²) in [4.78, 5) is 11.9. The molecule has 25 heavy (non-hydrogen) atoms. The molecule has 1 aliphatic heterocycles. The maximum Gasteiger partial charge on any atom is 0.251 e. The lowest BCUT2D eigenvalue weighted by atomic mass is 9.97. The van der Waals surface area contributed by atoms with E-state index in [9.17, 15) is 17.6 Å². The quantitative estimate of drug-likeness (QED) is 0.799. The van der Waals surface area contributed by atoms with Crippen LogP contribution in [0.15, 0.2) is 29.2 Å². The van der Waals surface area contributed by atoms with Gasteiger partial charge >= 0.3 is 0 Å². The van der Waals surface area contributed by atoms with E-state index in [0.29, 0.717) is 13.0 Å². The molecule has 1 aromatic rings. The van der Waals surface area contributed by atoms with E-state index in [2.05, 4.69) is 10.0 Å². The molecule has 6 nitrogen and oxygen atoms in total. The molecule has 1 aromatic carbocycles. The van der Waals surface area contributed by atoms with Gasteiger partial charge in [-0.1, -0.05) is 18.9 Å². The van der Waals surface area contributed by atoms with Gasteiger partial charge in [-0.2, -0.15) is 0 Å². The van der Waals surface area contributed by atoms with Gasteiger partial charge in [0, 0.05) is 18.2 Å². The maximum atomic E-state index is 12.6. The lowest BCUT2D eigenvalue weighted by molar-refractivity contribution is 0.0101. The summed E-state index contributed by atoms with van der Waals surface area (Å²) in [6.45, 7) is -0.403. The SMILES string of the molecule is O=C(NCCF)c1cccc(S(=O)(=O)N[C@H]2COC3(CCCC3)C2)c1. The number of halogens is 1. The summed E-state index contributed by atoms with van der Waals surface area (Å²) in [7, 11) is -3.75. The van der Waals surface area contributed by atoms with Gasteiger partial charge in [0.1, 0.15) is 6.67 Å². The Hall–Kier alpha value is -1.51. The number of ether oxygens (including phenoxy) is 1. The summed E-state index contributed by atoms with van der Waals surface area (Å²) in [5.41, 5.74) is 0.0210. The van der Waals surface area contributed by atoms with Gasteiger partial charge in [0.2, 0.25) is 10.0 Å². The summed E-state index contributed by atoms with van der Waals surface area (Å²) in [6.07, 6.45) is 4.89. The smallest absolute Gasteiger partial charge is 0.251 e. The highest BCUT2D eigenvalue weighted by molar-refractivity contribution is 7.89. The van der Waals surface area contributed by atoms with Crippen molar-refractivity contribution < 1.29 is 22.3 Å². The average molecular weight is 370 g/mol. The Morgan fingerprint density at radius 3 is 2.80 bits per heavy atom. The van der Waals surface area contributed by atoms with Gasteiger partial charge in [0.05, 0.1) is 17.1 Å². The molecule has 3 rings (SSSR count). The van der Waals surface area contributed by atoms with Crippen LogP contribution in [0, 0.1) is 0 Å². The van der Waals surface area contributed by atoms with E-state index >= 15 is 0 Å². The summed E-state index contributed by atoms with van der Waals surface area (Å²) < 4.78 is 46.0. The molecule has 1 saturated carbocycles. The molecule has 1 heterocycles. The fraction of sp³-hybridized carbons (Fsp3) is 0.588. The molecule has 2 aliphatic rings. The van der Waals surface area contributed by atoms with Crippen LogP contribution in [0.5, 0.6) is 0 Å². The molecule has 1 aliphatic carbocycles. The predicted octanol–water partition coefficient (Wildman–Crippen LogP) is 1.77. The zero-order valence-corrected chi connectivity index (χ0v) is 14.8. The van der Waals surface area contributed by atoms with Crippen molar-refractivity contribution in [2.45, 2.75) is 48.6 Å². The number of rotatable bonds is 6. The second-order valence-corrected chi connectivity index (χ2v) is 8.41. The predicted molar refractivity (Wildman–Crippen MR) is 90.6 cm³/mol. The number of carbonyl (C=O) groups excluding carboxylic acids is 1. The maximum absolute atomic E-state index is 12.6. The molecule has 0 radical (unpaired) electrons. The highest BCUT2D eigenvalue weighted by Crippen LogP contribution is 2.41. The second kappa shape index (κ2) is 7.39. The third-order valence-corrected chi connectivity index (χ3v) is 6.35. The fourth-order valence-electron chi connectivity index (χ4n) is 3.64. The van der Waals surface area contributed by atoms with Gasteiger partial charge < -0.3 is 10.1 Å². The molecule has 1 atom stereocenters. The number of benzene rings is 1. The van der Waals surface area contributed by atoms with E-state index in [1.54, 1.807) is 0 Å². The average Bonchev–Trinajstić information content (AvgIpc) is 3.22. The molecular weight excluding hydrogens is 347 g/mol. The molecular formula is C17H23FN2O4S. The van der Waals surface area contributed by atoms with E-state index in [1.165, 1.54) is 24.3 Å². The summed E-state index contributed by atoms with van der Waals surface area (Å²) in [5, 5.41) is 2.38. The van der Waals surface area contributed by atoms with Crippen LogP contribution < -0.4 is 10.0 Å². The second-order valence-electron chi connectivity index (χ2n) is 6.70. The van der Waals surface area contributed by atoms with Crippen LogP contribution in [0.25, 0.3) is 0 Å². The third-order valence-electron chi connectivity index (χ3n) is 4.83. The van der Waals surface area contributed by atoms with Crippen molar-refractivity contribution in [3.8, 4) is 0 Å². The Morgan fingerprint density at radius 1 is 1.32 bits per heavy atom. The number of alkyl halides is 1. The first kappa shape index (κ1) is 18.3. The molecule has 0 aromatic heterocycles. The first-order valence-corrected chi connectivity index (χ1v) is 10.0. The van der Waals surface area contributed by atoms with E-state index in [0.717, 1.165) is 25.7 Å². The zero-order chi connectivity index (χ0) is 17.9. The fourth-order valence-corrected chi connectivity index (χ4v) is 4.91. The van der Waals surface area contributed by atoms with Crippen LogP contribution in [0.4, 0.5) is 4.39 Å². The normalized spacial score (nSPS) is 22.4. The summed E-state index contributed by atoms with van der Waals surface area (Å²) in [5.74, 6) is -0.496. The Bertz CT molecular complexity index is 732. The van der Waals surface area contributed by atoms with Crippen molar-refractivity contribution in [2.24, 2.45) is 0 Å². The summed E-state index contributed by atoms with van der Waals surface area (Å²) in [6, 6.07) is 5.49. The van der Waals surface area contributed by atoms with Crippen molar-refractivity contribution in [1.82, 2.24) is 10.0 Å². The van der Waals surface area contributed by atoms with Crippen molar-refractivity contribution in [3.05, 3.63) is 29.8 Å². The minimum Gasteiger partial charge on any atom is -0.373 e. The minimum absolute atomic E-state index is 0.0211. The van der Waals surface area contributed by atoms with E-state index in [1.807, 2.05) is 0 Å². The van der Waals surface area contributed by atoms with E-state index < -0.39 is 22.6 Å². The molecule has 1 spiro atoms. The largest absolute Gasteiger partial charge is 0.373 e. The summed E-state index contributed by atoms with van der Waals surface area (Å²) >= 11 is 0. The Kier molecular flexibility index (Phi) is 5.41. The van der Waals surface area contributed by atoms with Gasteiger partial charge in [0.25, 0.3) is 5.91 Å². The third kappa shape index (κ3) is 4.19. The standard InChI is InChI=1S/C17H23FN2O4S/c18-8-9-19-16(21)13-4-3-5-15(10-13)25(22,23)20-14-11-17(24-12-14)6-1-2-7-17/h3-5,10,14,20H,1-2,6-9,11-12H2,(H,19,21)/t14-/m1/s1. The van der Waals surface area contributed by atoms with Crippen molar-refractivity contribution in [2.75, 3.05) is 19.8 Å². The van der Waals surface area contributed by atoms with Gasteiger partial charge in [-0.15, -0.1) is 0 Å². The van der Waals surface area contributed by atoms with Gasteiger partial charge in [-0.25, -0.2) is 17.5 Å². The minimum atomic E-state index is -3.75. The van der Waals surface area contributed by atoms with Gasteiger partial charge in [-0.3, -0.25) is 4.79 Å². The van der Waals surface area contributed by atoms with Gasteiger partial charge in [0.15, 0.2) is 0 Å². The number of sulfonamides is 1. The monoisotopic (exact) mass is 370 g/mol. The Morgan fingerprint density at radius 2 is 2.08 bits per heavy atom. The zero-order valence-electron chi connectivity index (χ0n) is 14.0. The first-order valence-electron chi connectivity index (χ1n) is 8.55. The van der Waals surface area contributed by atoms with Crippen LogP contribution in [-0.4, -0.2) is 45.8 Å². The van der Waals surface area contributed by atoms with Crippen molar-refractivity contribution in [3.63, 3.8) is 0 Å². The number of carbonyl (C=O) groups is 1. The highest BCUT2D eigenvalue weighted by atomic mass is 32.2. The molecule has 8 heteroatoms. The lowest BCUT2D eigenvalue weighted by Crippen LogP contribution is -2.36. The highest BCUT2D eigenvalue weighted by Gasteiger charge is 2.43. The van der Waals surface area contributed by atoms with Crippen molar-refractivity contribution >= 4 is 15.9 Å². The number of nitrogens with one attached hydrogen (secondary N) is 2. The van der Waals surface area contributed by atoms with Crippen LogP contribution in [0.1, 0.15) is 42.5 Å². The lowest BCUT2D eigenvalue weighted by Gasteiger charge is -2.21. The molecule has 2 N–H and O–H groups in total. The number of amides is 1. The van der Waals surface area contributed by atoms with Crippen LogP contribution in [0.2, 0.25) is 0 Å². The first-order chi connectivity index (χ1) is 11.9.